The Balaban J connectivity index is 2.16. The third kappa shape index (κ3) is 2.79. The van der Waals surface area contributed by atoms with Crippen molar-refractivity contribution in [2.75, 3.05) is 5.73 Å². The lowest BCUT2D eigenvalue weighted by molar-refractivity contribution is 1.14. The van der Waals surface area contributed by atoms with Crippen LogP contribution in [0, 0.1) is 18.3 Å². The number of anilines is 1. The van der Waals surface area contributed by atoms with Crippen LogP contribution in [0.25, 0.3) is 22.5 Å². The molecule has 3 aromatic rings. The van der Waals surface area contributed by atoms with Crippen LogP contribution in [0.15, 0.2) is 36.5 Å². The number of nitrogen functional groups attached to an aromatic ring is 1. The Labute approximate surface area is 134 Å². The minimum absolute atomic E-state index is 0.229. The number of nitrogens with zero attached hydrogens (tertiary/aromatic N) is 3. The van der Waals surface area contributed by atoms with Crippen LogP contribution in [-0.4, -0.2) is 15.0 Å². The number of nitrogens with one attached hydrogen (secondary N) is 1. The van der Waals surface area contributed by atoms with Gasteiger partial charge in [-0.25, -0.2) is 9.97 Å². The highest BCUT2D eigenvalue weighted by molar-refractivity contribution is 5.78. The lowest BCUT2D eigenvalue weighted by Crippen LogP contribution is -2.00. The lowest BCUT2D eigenvalue weighted by Gasteiger charge is -2.09. The Kier molecular flexibility index (Phi) is 3.82. The average Bonchev–Trinajstić information content (AvgIpc) is 3.00. The molecule has 0 spiro atoms. The minimum atomic E-state index is 0.229. The van der Waals surface area contributed by atoms with Crippen LogP contribution in [0.5, 0.6) is 0 Å². The Morgan fingerprint density at radius 2 is 2.00 bits per heavy atom. The second kappa shape index (κ2) is 5.93. The predicted octanol–water partition coefficient (Wildman–Crippen LogP) is 3.46. The number of hydrogen-bond acceptors (Lipinski definition) is 4. The zero-order valence-corrected chi connectivity index (χ0v) is 13.1. The highest BCUT2D eigenvalue weighted by Crippen LogP contribution is 2.30. The smallest absolute Gasteiger partial charge is 0.142 e. The van der Waals surface area contributed by atoms with Crippen LogP contribution >= 0.6 is 0 Å². The van der Waals surface area contributed by atoms with Crippen LogP contribution in [0.4, 0.5) is 5.82 Å². The molecule has 0 aliphatic rings. The second-order valence-electron chi connectivity index (χ2n) is 5.36. The summed E-state index contributed by atoms with van der Waals surface area (Å²) in [4.78, 5) is 11.7. The maximum atomic E-state index is 9.39. The van der Waals surface area contributed by atoms with Gasteiger partial charge < -0.3 is 10.7 Å². The molecule has 0 atom stereocenters. The third-order valence-corrected chi connectivity index (χ3v) is 3.81. The van der Waals surface area contributed by atoms with E-state index in [0.717, 1.165) is 34.8 Å². The summed E-state index contributed by atoms with van der Waals surface area (Å²) < 4.78 is 0. The summed E-state index contributed by atoms with van der Waals surface area (Å²) in [6.07, 6.45) is 2.69. The molecule has 3 rings (SSSR count). The molecule has 1 aromatic carbocycles. The van der Waals surface area contributed by atoms with Gasteiger partial charge in [-0.1, -0.05) is 31.2 Å². The van der Waals surface area contributed by atoms with E-state index in [0.29, 0.717) is 5.56 Å². The maximum absolute atomic E-state index is 9.39. The van der Waals surface area contributed by atoms with Crippen molar-refractivity contribution >= 4 is 5.82 Å². The van der Waals surface area contributed by atoms with Gasteiger partial charge in [0, 0.05) is 11.1 Å². The van der Waals surface area contributed by atoms with Gasteiger partial charge in [0.05, 0.1) is 17.6 Å². The van der Waals surface area contributed by atoms with Crippen molar-refractivity contribution in [2.24, 2.45) is 0 Å². The number of nitriles is 1. The van der Waals surface area contributed by atoms with Crippen molar-refractivity contribution in [3.63, 3.8) is 0 Å². The van der Waals surface area contributed by atoms with Crippen LogP contribution < -0.4 is 5.73 Å². The van der Waals surface area contributed by atoms with Gasteiger partial charge in [0.15, 0.2) is 0 Å². The van der Waals surface area contributed by atoms with Crippen molar-refractivity contribution in [3.8, 4) is 28.6 Å². The fraction of sp³-hybridized carbons (Fsp3) is 0.167. The van der Waals surface area contributed by atoms with Gasteiger partial charge in [0.1, 0.15) is 23.3 Å². The first-order chi connectivity index (χ1) is 11.1. The topological polar surface area (TPSA) is 91.4 Å². The number of aromatic amines is 1. The van der Waals surface area contributed by atoms with E-state index in [1.54, 1.807) is 6.20 Å². The monoisotopic (exact) mass is 303 g/mol. The molecule has 2 aromatic heterocycles. The average molecular weight is 303 g/mol. The van der Waals surface area contributed by atoms with Crippen molar-refractivity contribution in [3.05, 3.63) is 53.5 Å². The van der Waals surface area contributed by atoms with Crippen LogP contribution in [0.1, 0.15) is 23.9 Å². The number of aromatic nitrogens is 3. The highest BCUT2D eigenvalue weighted by atomic mass is 14.9. The van der Waals surface area contributed by atoms with Crippen molar-refractivity contribution in [1.29, 1.82) is 5.26 Å². The molecule has 114 valence electrons. The minimum Gasteiger partial charge on any atom is -0.383 e. The third-order valence-electron chi connectivity index (χ3n) is 3.81. The first-order valence-electron chi connectivity index (χ1n) is 7.44. The van der Waals surface area contributed by atoms with E-state index in [9.17, 15) is 5.26 Å². The summed E-state index contributed by atoms with van der Waals surface area (Å²) in [6, 6.07) is 12.2. The Morgan fingerprint density at radius 1 is 1.26 bits per heavy atom. The summed E-state index contributed by atoms with van der Waals surface area (Å²) in [5.74, 6) is 1.01. The number of hydrogen-bond donors (Lipinski definition) is 2. The van der Waals surface area contributed by atoms with Gasteiger partial charge in [0.25, 0.3) is 0 Å². The quantitative estimate of drug-likeness (QED) is 0.775. The SMILES string of the molecule is CCc1ccc(-c2cc(-c3cnc(C)[nH]3)c(C#N)c(N)n2)cc1. The van der Waals surface area contributed by atoms with Gasteiger partial charge >= 0.3 is 0 Å². The second-order valence-corrected chi connectivity index (χ2v) is 5.36. The van der Waals surface area contributed by atoms with Crippen molar-refractivity contribution < 1.29 is 0 Å². The number of benzene rings is 1. The van der Waals surface area contributed by atoms with Gasteiger partial charge in [-0.05, 0) is 25.0 Å². The van der Waals surface area contributed by atoms with E-state index in [1.807, 2.05) is 25.1 Å². The Morgan fingerprint density at radius 3 is 2.57 bits per heavy atom. The summed E-state index contributed by atoms with van der Waals surface area (Å²) in [5, 5.41) is 9.39. The van der Waals surface area contributed by atoms with Crippen molar-refractivity contribution in [2.45, 2.75) is 20.3 Å². The van der Waals surface area contributed by atoms with E-state index in [1.165, 1.54) is 5.56 Å². The number of rotatable bonds is 3. The molecule has 2 heterocycles. The molecule has 23 heavy (non-hydrogen) atoms. The first kappa shape index (κ1) is 14.8. The molecule has 0 saturated carbocycles. The molecule has 3 N–H and O–H groups in total. The number of pyridine rings is 1. The summed E-state index contributed by atoms with van der Waals surface area (Å²) >= 11 is 0. The largest absolute Gasteiger partial charge is 0.383 e. The fourth-order valence-electron chi connectivity index (χ4n) is 2.51. The summed E-state index contributed by atoms with van der Waals surface area (Å²) in [6.45, 7) is 3.98. The predicted molar refractivity (Wildman–Crippen MR) is 90.5 cm³/mol. The van der Waals surface area contributed by atoms with Gasteiger partial charge in [-0.3, -0.25) is 0 Å². The molecular formula is C18H17N5. The molecule has 5 heteroatoms. The number of imidazole rings is 1. The summed E-state index contributed by atoms with van der Waals surface area (Å²) in [5.41, 5.74) is 10.8. The van der Waals surface area contributed by atoms with E-state index in [4.69, 9.17) is 5.73 Å². The van der Waals surface area contributed by atoms with Gasteiger partial charge in [-0.15, -0.1) is 0 Å². The molecule has 0 fully saturated rings. The highest BCUT2D eigenvalue weighted by Gasteiger charge is 2.14. The zero-order valence-electron chi connectivity index (χ0n) is 13.1. The number of aryl methyl sites for hydroxylation is 2. The standard InChI is InChI=1S/C18H17N5/c1-3-12-4-6-13(7-5-12)16-8-14(15(9-19)18(20)23-16)17-10-21-11(2)22-17/h4-8,10H,3H2,1-2H3,(H2,20,23)(H,21,22). The van der Waals surface area contributed by atoms with E-state index in [-0.39, 0.29) is 5.82 Å². The molecule has 0 aliphatic heterocycles. The van der Waals surface area contributed by atoms with Crippen LogP contribution in [-0.2, 0) is 6.42 Å². The first-order valence-corrected chi connectivity index (χ1v) is 7.44. The number of H-pyrrole nitrogens is 1. The van der Waals surface area contributed by atoms with Crippen LogP contribution in [0.3, 0.4) is 0 Å². The molecular weight excluding hydrogens is 286 g/mol. The number of nitrogens with two attached hydrogens (primary N) is 1. The molecule has 0 amide bonds. The zero-order chi connectivity index (χ0) is 16.4. The maximum Gasteiger partial charge on any atom is 0.142 e. The van der Waals surface area contributed by atoms with Gasteiger partial charge in [0.2, 0.25) is 0 Å². The fourth-order valence-corrected chi connectivity index (χ4v) is 2.51. The lowest BCUT2D eigenvalue weighted by atomic mass is 10.0. The van der Waals surface area contributed by atoms with Crippen LogP contribution in [0.2, 0.25) is 0 Å². The van der Waals surface area contributed by atoms with E-state index in [2.05, 4.69) is 40.1 Å². The summed E-state index contributed by atoms with van der Waals surface area (Å²) in [7, 11) is 0. The molecule has 0 radical (unpaired) electrons. The Hall–Kier alpha value is -3.13. The van der Waals surface area contributed by atoms with E-state index >= 15 is 0 Å². The molecule has 0 bridgehead atoms. The molecule has 0 aliphatic carbocycles. The Bertz CT molecular complexity index is 885. The molecule has 0 unspecified atom stereocenters. The van der Waals surface area contributed by atoms with Gasteiger partial charge in [-0.2, -0.15) is 5.26 Å². The van der Waals surface area contributed by atoms with E-state index < -0.39 is 0 Å². The molecule has 0 saturated heterocycles. The molecule has 5 nitrogen and oxygen atoms in total. The normalized spacial score (nSPS) is 10.5. The van der Waals surface area contributed by atoms with Crippen molar-refractivity contribution in [1.82, 2.24) is 15.0 Å².